The number of carbonyl (C=O) groups is 8. The first kappa shape index (κ1) is 35.6. The molecule has 13 nitrogen and oxygen atoms in total. The topological polar surface area (TPSA) is 194 Å². The molecule has 4 aliphatic rings. The third-order valence-electron chi connectivity index (χ3n) is 11.5. The summed E-state index contributed by atoms with van der Waals surface area (Å²) in [5.41, 5.74) is 5.25. The van der Waals surface area contributed by atoms with E-state index in [2.05, 4.69) is 10.2 Å². The molecule has 0 N–H and O–H groups in total. The maximum atomic E-state index is 13.9. The highest BCUT2D eigenvalue weighted by Gasteiger charge is 2.43. The molecule has 2 unspecified atom stereocenters. The Morgan fingerprint density at radius 1 is 0.344 bits per heavy atom. The van der Waals surface area contributed by atoms with E-state index >= 15 is 0 Å². The van der Waals surface area contributed by atoms with Gasteiger partial charge in [-0.25, -0.2) is 19.2 Å². The summed E-state index contributed by atoms with van der Waals surface area (Å²) in [5, 5.41) is 8.37. The molecule has 0 radical (unpaired) electrons. The maximum Gasteiger partial charge on any atom is 0.347 e. The van der Waals surface area contributed by atoms with E-state index in [9.17, 15) is 38.4 Å². The monoisotopic (exact) mass is 802 g/mol. The lowest BCUT2D eigenvalue weighted by molar-refractivity contribution is 0.0426. The maximum absolute atomic E-state index is 13.9. The number of Topliss-reactive ketones (excluding diaryl/α,β-unsaturated/α-hetero) is 4. The number of rotatable bonds is 6. The second-order valence-electron chi connectivity index (χ2n) is 14.8. The van der Waals surface area contributed by atoms with Gasteiger partial charge in [0.1, 0.15) is 11.8 Å². The number of cyclic esters (lactones) is 4. The van der Waals surface area contributed by atoms with Crippen LogP contribution in [0.2, 0.25) is 0 Å². The van der Waals surface area contributed by atoms with Crippen molar-refractivity contribution in [1.29, 1.82) is 0 Å². The summed E-state index contributed by atoms with van der Waals surface area (Å²) in [7, 11) is 0. The fourth-order valence-corrected chi connectivity index (χ4v) is 8.57. The van der Waals surface area contributed by atoms with Crippen LogP contribution in [0.25, 0.3) is 45.2 Å². The van der Waals surface area contributed by atoms with Crippen molar-refractivity contribution in [2.75, 3.05) is 0 Å². The first-order valence-corrected chi connectivity index (χ1v) is 18.8. The largest absolute Gasteiger partial charge is 0.416 e. The standard InChI is InChI=1S/C48H22N2O11/c51-39-29-17-15-25(28-4-2-6-32-38(28)48(58)61-46(32)56)19-33(29)41(53)35(39)21-7-11-23(12-8-21)43-49-50-44(59-43)24-13-9-22(10-14-24)36-40(52)31-5-1-3-27(37(31)42(36)54)26-16-18-30-34(20-26)47(57)60-45(30)55/h1-20,35-36H. The third-order valence-corrected chi connectivity index (χ3v) is 11.5. The number of fused-ring (bicyclic) bond motifs is 4. The predicted molar refractivity (Wildman–Crippen MR) is 211 cm³/mol. The van der Waals surface area contributed by atoms with Gasteiger partial charge in [-0.2, -0.15) is 0 Å². The highest BCUT2D eigenvalue weighted by molar-refractivity contribution is 6.32. The van der Waals surface area contributed by atoms with Crippen LogP contribution >= 0.6 is 0 Å². The van der Waals surface area contributed by atoms with Gasteiger partial charge >= 0.3 is 23.9 Å². The lowest BCUT2D eigenvalue weighted by Crippen LogP contribution is -2.12. The molecule has 0 saturated carbocycles. The van der Waals surface area contributed by atoms with Crippen LogP contribution in [-0.4, -0.2) is 57.2 Å². The summed E-state index contributed by atoms with van der Waals surface area (Å²) in [6.45, 7) is 0. The van der Waals surface area contributed by atoms with Gasteiger partial charge in [-0.15, -0.1) is 10.2 Å². The minimum atomic E-state index is -1.10. The molecule has 0 saturated heterocycles. The molecule has 11 rings (SSSR count). The van der Waals surface area contributed by atoms with Crippen molar-refractivity contribution in [3.05, 3.63) is 177 Å². The van der Waals surface area contributed by atoms with Gasteiger partial charge in [-0.1, -0.05) is 72.8 Å². The number of aromatic nitrogens is 2. The van der Waals surface area contributed by atoms with Crippen molar-refractivity contribution in [2.24, 2.45) is 0 Å². The van der Waals surface area contributed by atoms with Crippen LogP contribution in [0.4, 0.5) is 0 Å². The van der Waals surface area contributed by atoms with E-state index in [1.54, 1.807) is 103 Å². The van der Waals surface area contributed by atoms with Gasteiger partial charge < -0.3 is 13.9 Å². The van der Waals surface area contributed by atoms with E-state index in [-0.39, 0.29) is 67.9 Å². The highest BCUT2D eigenvalue weighted by Crippen LogP contribution is 2.42. The van der Waals surface area contributed by atoms with E-state index in [4.69, 9.17) is 13.9 Å². The van der Waals surface area contributed by atoms with Crippen molar-refractivity contribution in [1.82, 2.24) is 10.2 Å². The highest BCUT2D eigenvalue weighted by atomic mass is 16.6. The first-order chi connectivity index (χ1) is 29.5. The van der Waals surface area contributed by atoms with Crippen LogP contribution in [0.15, 0.2) is 126 Å². The molecule has 0 bridgehead atoms. The summed E-state index contributed by atoms with van der Waals surface area (Å²) in [4.78, 5) is 104. The van der Waals surface area contributed by atoms with Gasteiger partial charge in [-0.05, 0) is 81.9 Å². The summed E-state index contributed by atoms with van der Waals surface area (Å²) >= 11 is 0. The van der Waals surface area contributed by atoms with Gasteiger partial charge in [-0.3, -0.25) is 19.2 Å². The Labute approximate surface area is 342 Å². The average molecular weight is 803 g/mol. The Morgan fingerprint density at radius 3 is 1.43 bits per heavy atom. The van der Waals surface area contributed by atoms with Gasteiger partial charge in [0, 0.05) is 33.4 Å². The van der Waals surface area contributed by atoms with Crippen LogP contribution < -0.4 is 0 Å². The molecule has 2 aliphatic carbocycles. The Hall–Kier alpha value is -8.58. The van der Waals surface area contributed by atoms with E-state index in [0.717, 1.165) is 0 Å². The predicted octanol–water partition coefficient (Wildman–Crippen LogP) is 7.68. The normalized spacial score (nSPS) is 17.4. The zero-order valence-electron chi connectivity index (χ0n) is 31.1. The van der Waals surface area contributed by atoms with E-state index in [1.807, 2.05) is 0 Å². The zero-order chi connectivity index (χ0) is 41.8. The molecule has 2 aliphatic heterocycles. The van der Waals surface area contributed by atoms with Crippen molar-refractivity contribution in [2.45, 2.75) is 11.8 Å². The quantitative estimate of drug-likeness (QED) is 0.117. The second-order valence-corrected chi connectivity index (χ2v) is 14.8. The first-order valence-electron chi connectivity index (χ1n) is 18.8. The van der Waals surface area contributed by atoms with Crippen LogP contribution in [0.5, 0.6) is 0 Å². The van der Waals surface area contributed by atoms with E-state index in [1.165, 1.54) is 18.2 Å². The lowest BCUT2D eigenvalue weighted by Gasteiger charge is -2.09. The Balaban J connectivity index is 0.810. The number of hydrogen-bond donors (Lipinski definition) is 0. The van der Waals surface area contributed by atoms with E-state index in [0.29, 0.717) is 44.5 Å². The summed E-state index contributed by atoms with van der Waals surface area (Å²) in [6, 6.07) is 32.3. The molecule has 1 aromatic heterocycles. The fraction of sp³-hybridized carbons (Fsp3) is 0.0417. The number of benzene rings is 6. The van der Waals surface area contributed by atoms with Gasteiger partial charge in [0.15, 0.2) is 23.1 Å². The van der Waals surface area contributed by atoms with Crippen molar-refractivity contribution in [3.63, 3.8) is 0 Å². The molecular weight excluding hydrogens is 781 g/mol. The summed E-state index contributed by atoms with van der Waals surface area (Å²) in [5.74, 6) is -6.42. The van der Waals surface area contributed by atoms with Gasteiger partial charge in [0.2, 0.25) is 11.8 Å². The van der Waals surface area contributed by atoms with Crippen LogP contribution in [0, 0.1) is 0 Å². The smallest absolute Gasteiger partial charge is 0.347 e. The van der Waals surface area contributed by atoms with Crippen molar-refractivity contribution in [3.8, 4) is 45.2 Å². The molecule has 0 amide bonds. The number of ketones is 4. The molecule has 0 fully saturated rings. The molecule has 3 heterocycles. The Kier molecular flexibility index (Phi) is 7.56. The van der Waals surface area contributed by atoms with Crippen LogP contribution in [0.3, 0.4) is 0 Å². The molecule has 2 atom stereocenters. The summed E-state index contributed by atoms with van der Waals surface area (Å²) in [6.07, 6.45) is 0. The molecule has 7 aromatic rings. The zero-order valence-corrected chi connectivity index (χ0v) is 31.1. The van der Waals surface area contributed by atoms with Crippen LogP contribution in [0.1, 0.15) is 106 Å². The number of esters is 4. The third kappa shape index (κ3) is 5.27. The van der Waals surface area contributed by atoms with Crippen molar-refractivity contribution >= 4 is 47.0 Å². The lowest BCUT2D eigenvalue weighted by atomic mass is 9.91. The molecule has 61 heavy (non-hydrogen) atoms. The van der Waals surface area contributed by atoms with Gasteiger partial charge in [0.05, 0.1) is 22.3 Å². The molecular formula is C48H22N2O11. The number of nitrogens with zero attached hydrogens (tertiary/aromatic N) is 2. The minimum absolute atomic E-state index is 0.0923. The summed E-state index contributed by atoms with van der Waals surface area (Å²) < 4.78 is 15.5. The SMILES string of the molecule is O=C1OC(=O)c2cc(-c3cccc4c3C(=O)C(c3ccc(-c5nnc(-c6ccc(C7C(=O)c8ccc(-c9cccc%10c9C(=O)OC%10=O)cc8C7=O)cc6)o5)cc3)C4=O)ccc21. The second kappa shape index (κ2) is 13.0. The Morgan fingerprint density at radius 2 is 0.787 bits per heavy atom. The number of carbonyl (C=O) groups excluding carboxylic acids is 8. The van der Waals surface area contributed by atoms with Crippen LogP contribution in [-0.2, 0) is 9.47 Å². The van der Waals surface area contributed by atoms with Gasteiger partial charge in [0.25, 0.3) is 0 Å². The van der Waals surface area contributed by atoms with Crippen molar-refractivity contribution < 1.29 is 52.2 Å². The minimum Gasteiger partial charge on any atom is -0.416 e. The average Bonchev–Trinajstić information content (AvgIpc) is 4.07. The molecule has 0 spiro atoms. The molecule has 6 aromatic carbocycles. The van der Waals surface area contributed by atoms with E-state index < -0.39 is 47.3 Å². The number of hydrogen-bond acceptors (Lipinski definition) is 13. The number of ether oxygens (including phenoxy) is 2. The Bertz CT molecular complexity index is 3250. The molecule has 13 heteroatoms. The fourth-order valence-electron chi connectivity index (χ4n) is 8.57. The molecule has 290 valence electrons.